The van der Waals surface area contributed by atoms with Crippen molar-refractivity contribution < 1.29 is 9.47 Å². The molecular weight excluding hydrogens is 216 g/mol. The zero-order valence-corrected chi connectivity index (χ0v) is 12.6. The van der Waals surface area contributed by atoms with E-state index in [9.17, 15) is 0 Å². The Balaban J connectivity index is 2.17. The van der Waals surface area contributed by atoms with E-state index in [1.165, 1.54) is 25.7 Å². The molecule has 1 unspecified atom stereocenters. The molecular formula is C13H24O2Si. The molecule has 1 saturated carbocycles. The lowest BCUT2D eigenvalue weighted by Gasteiger charge is -2.45. The Hall–Kier alpha value is -0.123. The molecule has 0 bridgehead atoms. The minimum atomic E-state index is -0.283. The Morgan fingerprint density at radius 3 is 2.69 bits per heavy atom. The van der Waals surface area contributed by atoms with Gasteiger partial charge in [-0.05, 0) is 32.1 Å². The third-order valence-electron chi connectivity index (χ3n) is 4.03. The van der Waals surface area contributed by atoms with Crippen LogP contribution in [-0.4, -0.2) is 29.2 Å². The molecule has 1 aliphatic carbocycles. The molecule has 16 heavy (non-hydrogen) atoms. The van der Waals surface area contributed by atoms with Crippen molar-refractivity contribution in [1.29, 1.82) is 0 Å². The average molecular weight is 240 g/mol. The van der Waals surface area contributed by atoms with E-state index in [1.54, 1.807) is 5.57 Å². The average Bonchev–Trinajstić information content (AvgIpc) is 2.39. The Morgan fingerprint density at radius 1 is 1.31 bits per heavy atom. The third-order valence-corrected chi connectivity index (χ3v) is 4.77. The molecule has 0 amide bonds. The highest BCUT2D eigenvalue weighted by atomic mass is 28.1. The minimum Gasteiger partial charge on any atom is -0.349 e. The van der Waals surface area contributed by atoms with E-state index >= 15 is 0 Å². The second-order valence-electron chi connectivity index (χ2n) is 4.88. The summed E-state index contributed by atoms with van der Waals surface area (Å²) in [7, 11) is 1.16. The van der Waals surface area contributed by atoms with E-state index in [0.29, 0.717) is 5.92 Å². The second-order valence-corrected chi connectivity index (χ2v) is 5.46. The van der Waals surface area contributed by atoms with Gasteiger partial charge in [0.2, 0.25) is 0 Å². The van der Waals surface area contributed by atoms with E-state index in [-0.39, 0.29) is 5.79 Å². The molecule has 1 aliphatic heterocycles. The highest BCUT2D eigenvalue weighted by molar-refractivity contribution is 6.17. The summed E-state index contributed by atoms with van der Waals surface area (Å²) < 4.78 is 12.1. The zero-order valence-electron chi connectivity index (χ0n) is 10.6. The zero-order chi connectivity index (χ0) is 11.4. The van der Waals surface area contributed by atoms with E-state index in [2.05, 4.69) is 12.6 Å². The summed E-state index contributed by atoms with van der Waals surface area (Å²) in [5.74, 6) is 0.249. The van der Waals surface area contributed by atoms with Crippen LogP contribution >= 0.6 is 0 Å². The first kappa shape index (κ1) is 12.3. The van der Waals surface area contributed by atoms with Gasteiger partial charge in [-0.3, -0.25) is 0 Å². The van der Waals surface area contributed by atoms with Gasteiger partial charge in [0.05, 0.1) is 13.2 Å². The van der Waals surface area contributed by atoms with Crippen LogP contribution in [0.1, 0.15) is 45.4 Å². The molecule has 0 aromatic carbocycles. The molecule has 2 rings (SSSR count). The van der Waals surface area contributed by atoms with Gasteiger partial charge in [-0.2, -0.15) is 0 Å². The lowest BCUT2D eigenvalue weighted by molar-refractivity contribution is -0.291. The minimum absolute atomic E-state index is 0.283. The molecule has 0 spiro atoms. The van der Waals surface area contributed by atoms with Gasteiger partial charge in [-0.1, -0.05) is 18.9 Å². The maximum Gasteiger partial charge on any atom is 0.174 e. The van der Waals surface area contributed by atoms with Crippen LogP contribution in [0.15, 0.2) is 11.3 Å². The molecule has 2 fully saturated rings. The molecule has 3 heteroatoms. The third kappa shape index (κ3) is 2.26. The summed E-state index contributed by atoms with van der Waals surface area (Å²) >= 11 is 0. The van der Waals surface area contributed by atoms with E-state index in [4.69, 9.17) is 9.47 Å². The van der Waals surface area contributed by atoms with Gasteiger partial charge in [0.25, 0.3) is 0 Å². The van der Waals surface area contributed by atoms with Gasteiger partial charge in [-0.15, -0.1) is 5.70 Å². The molecule has 1 saturated heterocycles. The normalized spacial score (nSPS) is 33.1. The van der Waals surface area contributed by atoms with Crippen LogP contribution in [-0.2, 0) is 9.47 Å². The van der Waals surface area contributed by atoms with Crippen LogP contribution in [0.2, 0.25) is 0 Å². The van der Waals surface area contributed by atoms with Gasteiger partial charge in [0, 0.05) is 16.2 Å². The van der Waals surface area contributed by atoms with Gasteiger partial charge in [0.15, 0.2) is 5.79 Å². The predicted molar refractivity (Wildman–Crippen MR) is 69.5 cm³/mol. The van der Waals surface area contributed by atoms with Crippen LogP contribution < -0.4 is 0 Å². The van der Waals surface area contributed by atoms with Gasteiger partial charge in [0.1, 0.15) is 0 Å². The fourth-order valence-corrected chi connectivity index (χ4v) is 3.82. The fraction of sp³-hybridized carbons (Fsp3) is 0.846. The summed E-state index contributed by atoms with van der Waals surface area (Å²) in [5.41, 5.74) is 4.03. The van der Waals surface area contributed by atoms with Gasteiger partial charge < -0.3 is 9.47 Å². The largest absolute Gasteiger partial charge is 0.349 e. The summed E-state index contributed by atoms with van der Waals surface area (Å²) in [6, 6.07) is 0. The van der Waals surface area contributed by atoms with E-state index in [0.717, 1.165) is 36.3 Å². The SMILES string of the molecule is CCC1(C2CCCC/C2=C/[SiH3])OCCCO1. The lowest BCUT2D eigenvalue weighted by Crippen LogP contribution is -2.48. The smallest absolute Gasteiger partial charge is 0.174 e. The van der Waals surface area contributed by atoms with Crippen LogP contribution in [0, 0.1) is 5.92 Å². The summed E-state index contributed by atoms with van der Waals surface area (Å²) in [6.45, 7) is 3.95. The number of hydrogen-bond acceptors (Lipinski definition) is 2. The van der Waals surface area contributed by atoms with Crippen molar-refractivity contribution in [2.45, 2.75) is 51.2 Å². The molecule has 0 N–H and O–H groups in total. The van der Waals surface area contributed by atoms with Crippen molar-refractivity contribution in [2.24, 2.45) is 5.92 Å². The summed E-state index contributed by atoms with van der Waals surface area (Å²) in [5, 5.41) is 0. The maximum atomic E-state index is 6.04. The molecule has 0 aromatic heterocycles. The highest BCUT2D eigenvalue weighted by Gasteiger charge is 2.43. The molecule has 1 heterocycles. The fourth-order valence-electron chi connectivity index (χ4n) is 3.13. The van der Waals surface area contributed by atoms with E-state index in [1.807, 2.05) is 0 Å². The van der Waals surface area contributed by atoms with Crippen molar-refractivity contribution in [1.82, 2.24) is 0 Å². The van der Waals surface area contributed by atoms with Crippen LogP contribution in [0.25, 0.3) is 0 Å². The summed E-state index contributed by atoms with van der Waals surface area (Å²) in [4.78, 5) is 0. The molecule has 0 aromatic rings. The first-order valence-corrected chi connectivity index (χ1v) is 7.91. The van der Waals surface area contributed by atoms with Gasteiger partial charge >= 0.3 is 0 Å². The second kappa shape index (κ2) is 5.47. The highest BCUT2D eigenvalue weighted by Crippen LogP contribution is 2.42. The van der Waals surface area contributed by atoms with Crippen molar-refractivity contribution >= 4 is 10.2 Å². The monoisotopic (exact) mass is 240 g/mol. The maximum absolute atomic E-state index is 6.04. The van der Waals surface area contributed by atoms with E-state index < -0.39 is 0 Å². The quantitative estimate of drug-likeness (QED) is 0.687. The predicted octanol–water partition coefficient (Wildman–Crippen LogP) is 1.97. The first-order chi connectivity index (χ1) is 7.82. The molecule has 1 atom stereocenters. The van der Waals surface area contributed by atoms with Crippen LogP contribution in [0.4, 0.5) is 0 Å². The van der Waals surface area contributed by atoms with Crippen LogP contribution in [0.3, 0.4) is 0 Å². The molecule has 2 aliphatic rings. The van der Waals surface area contributed by atoms with Crippen molar-refractivity contribution in [2.75, 3.05) is 13.2 Å². The molecule has 92 valence electrons. The van der Waals surface area contributed by atoms with Crippen molar-refractivity contribution in [3.05, 3.63) is 11.3 Å². The van der Waals surface area contributed by atoms with Gasteiger partial charge in [-0.25, -0.2) is 0 Å². The summed E-state index contributed by atoms with van der Waals surface area (Å²) in [6.07, 6.45) is 7.23. The van der Waals surface area contributed by atoms with Crippen LogP contribution in [0.5, 0.6) is 0 Å². The Bertz CT molecular complexity index is 257. The number of rotatable bonds is 2. The Kier molecular flexibility index (Phi) is 4.22. The van der Waals surface area contributed by atoms with Crippen molar-refractivity contribution in [3.63, 3.8) is 0 Å². The van der Waals surface area contributed by atoms with Crippen molar-refractivity contribution in [3.8, 4) is 0 Å². The Morgan fingerprint density at radius 2 is 2.06 bits per heavy atom. The first-order valence-electron chi connectivity index (χ1n) is 6.75. The molecule has 0 radical (unpaired) electrons. The standard InChI is InChI=1S/C13H24O2Si/c1-2-13(14-8-5-9-15-13)12-7-4-3-6-11(12)10-16/h10,12H,2-9H2,1,16H3/b11-10-. The lowest BCUT2D eigenvalue weighted by atomic mass is 9.78. The Labute approximate surface area is 102 Å². The topological polar surface area (TPSA) is 18.5 Å². The molecule has 2 nitrogen and oxygen atoms in total. The number of ether oxygens (including phenoxy) is 2. The number of hydrogen-bond donors (Lipinski definition) is 0.